The third kappa shape index (κ3) is 6.35. The van der Waals surface area contributed by atoms with Crippen LogP contribution in [0.2, 0.25) is 0 Å². The molecule has 6 nitrogen and oxygen atoms in total. The molecule has 1 heterocycles. The minimum atomic E-state index is -4.49. The Balaban J connectivity index is 1.72. The summed E-state index contributed by atoms with van der Waals surface area (Å²) in [5, 5.41) is 14.2. The maximum absolute atomic E-state index is 13.0. The predicted molar refractivity (Wildman–Crippen MR) is 112 cm³/mol. The van der Waals surface area contributed by atoms with Crippen LogP contribution < -0.4 is 10.6 Å². The van der Waals surface area contributed by atoms with E-state index in [0.29, 0.717) is 12.3 Å². The van der Waals surface area contributed by atoms with E-state index in [1.54, 1.807) is 0 Å². The van der Waals surface area contributed by atoms with Crippen molar-refractivity contribution in [3.8, 4) is 11.3 Å². The van der Waals surface area contributed by atoms with E-state index >= 15 is 0 Å². The van der Waals surface area contributed by atoms with Crippen LogP contribution in [0.4, 0.5) is 13.2 Å². The smallest absolute Gasteiger partial charge is 0.416 e. The van der Waals surface area contributed by atoms with Gasteiger partial charge in [-0.3, -0.25) is 9.59 Å². The van der Waals surface area contributed by atoms with Crippen molar-refractivity contribution in [2.75, 3.05) is 13.2 Å². The van der Waals surface area contributed by atoms with Crippen LogP contribution in [0.1, 0.15) is 54.6 Å². The van der Waals surface area contributed by atoms with Crippen molar-refractivity contribution in [3.05, 3.63) is 47.7 Å². The number of alkyl halides is 3. The second kappa shape index (κ2) is 10.7. The Morgan fingerprint density at radius 1 is 1.12 bits per heavy atom. The zero-order chi connectivity index (χ0) is 23.1. The number of halogens is 3. The molecular formula is C23H27F3N2O4. The summed E-state index contributed by atoms with van der Waals surface area (Å²) in [6.07, 6.45) is 1.29. The van der Waals surface area contributed by atoms with Crippen molar-refractivity contribution < 1.29 is 32.3 Å². The van der Waals surface area contributed by atoms with Gasteiger partial charge in [0.1, 0.15) is 11.8 Å². The third-order valence-corrected chi connectivity index (χ3v) is 5.63. The Morgan fingerprint density at radius 2 is 1.88 bits per heavy atom. The topological polar surface area (TPSA) is 91.6 Å². The molecule has 1 aliphatic rings. The highest BCUT2D eigenvalue weighted by Gasteiger charge is 2.31. The number of aliphatic hydroxyl groups excluding tert-OH is 1. The minimum Gasteiger partial charge on any atom is -0.451 e. The highest BCUT2D eigenvalue weighted by molar-refractivity contribution is 5.96. The lowest BCUT2D eigenvalue weighted by Gasteiger charge is -2.26. The SMILES string of the molecule is O=C(N[C@@H](CC1CCCCC1)C(=O)NCCO)c1ccc(-c2cccc(C(F)(F)F)c2)o1. The molecule has 3 N–H and O–H groups in total. The van der Waals surface area contributed by atoms with E-state index in [0.717, 1.165) is 44.2 Å². The number of rotatable bonds is 8. The van der Waals surface area contributed by atoms with Gasteiger partial charge >= 0.3 is 6.18 Å². The van der Waals surface area contributed by atoms with Crippen molar-refractivity contribution in [2.24, 2.45) is 5.92 Å². The first-order chi connectivity index (χ1) is 15.3. The Morgan fingerprint density at radius 3 is 2.56 bits per heavy atom. The summed E-state index contributed by atoms with van der Waals surface area (Å²) in [7, 11) is 0. The summed E-state index contributed by atoms with van der Waals surface area (Å²) >= 11 is 0. The van der Waals surface area contributed by atoms with Crippen molar-refractivity contribution in [2.45, 2.75) is 50.7 Å². The Kier molecular flexibility index (Phi) is 7.95. The number of hydrogen-bond acceptors (Lipinski definition) is 4. The number of nitrogens with one attached hydrogen (secondary N) is 2. The average molecular weight is 452 g/mol. The summed E-state index contributed by atoms with van der Waals surface area (Å²) in [4.78, 5) is 25.3. The average Bonchev–Trinajstić information content (AvgIpc) is 3.28. The molecule has 0 unspecified atom stereocenters. The standard InChI is InChI=1S/C23H27F3N2O4/c24-23(25,26)17-8-4-7-16(14-17)19-9-10-20(32-19)22(31)28-18(21(30)27-11-12-29)13-15-5-2-1-3-6-15/h4,7-10,14-15,18,29H,1-3,5-6,11-13H2,(H,27,30)(H,28,31)/t18-/m0/s1. The van der Waals surface area contributed by atoms with Gasteiger partial charge in [-0.1, -0.05) is 44.2 Å². The summed E-state index contributed by atoms with van der Waals surface area (Å²) < 4.78 is 44.4. The molecule has 174 valence electrons. The fraction of sp³-hybridized carbons (Fsp3) is 0.478. The van der Waals surface area contributed by atoms with Gasteiger partial charge in [-0.15, -0.1) is 0 Å². The van der Waals surface area contributed by atoms with Gasteiger partial charge < -0.3 is 20.2 Å². The molecule has 2 amide bonds. The molecule has 1 aliphatic carbocycles. The molecule has 9 heteroatoms. The maximum atomic E-state index is 13.0. The number of carbonyl (C=O) groups is 2. The third-order valence-electron chi connectivity index (χ3n) is 5.63. The van der Waals surface area contributed by atoms with Gasteiger partial charge in [0.15, 0.2) is 5.76 Å². The van der Waals surface area contributed by atoms with Crippen LogP contribution >= 0.6 is 0 Å². The second-order valence-corrected chi connectivity index (χ2v) is 8.02. The number of benzene rings is 1. The molecule has 3 rings (SSSR count). The van der Waals surface area contributed by atoms with Crippen molar-refractivity contribution >= 4 is 11.8 Å². The first-order valence-corrected chi connectivity index (χ1v) is 10.7. The van der Waals surface area contributed by atoms with Crippen molar-refractivity contribution in [1.29, 1.82) is 0 Å². The lowest BCUT2D eigenvalue weighted by Crippen LogP contribution is -2.48. The van der Waals surface area contributed by atoms with Crippen LogP contribution in [0.5, 0.6) is 0 Å². The molecule has 0 radical (unpaired) electrons. The van der Waals surface area contributed by atoms with Crippen LogP contribution in [-0.4, -0.2) is 36.1 Å². The lowest BCUT2D eigenvalue weighted by molar-refractivity contribution is -0.137. The number of hydrogen-bond donors (Lipinski definition) is 3. The summed E-state index contributed by atoms with van der Waals surface area (Å²) in [5.74, 6) is -0.673. The molecule has 2 aromatic rings. The minimum absolute atomic E-state index is 0.0797. The highest BCUT2D eigenvalue weighted by Crippen LogP contribution is 2.33. The quantitative estimate of drug-likeness (QED) is 0.561. The highest BCUT2D eigenvalue weighted by atomic mass is 19.4. The van der Waals surface area contributed by atoms with Crippen LogP contribution in [0, 0.1) is 5.92 Å². The van der Waals surface area contributed by atoms with E-state index in [9.17, 15) is 22.8 Å². The number of amides is 2. The number of carbonyl (C=O) groups excluding carboxylic acids is 2. The number of aliphatic hydroxyl groups is 1. The Hall–Kier alpha value is -2.81. The fourth-order valence-electron chi connectivity index (χ4n) is 3.98. The molecule has 0 bridgehead atoms. The Labute approximate surface area is 184 Å². The fourth-order valence-corrected chi connectivity index (χ4v) is 3.98. The normalized spacial score (nSPS) is 15.9. The van der Waals surface area contributed by atoms with Gasteiger partial charge in [-0.25, -0.2) is 0 Å². The van der Waals surface area contributed by atoms with E-state index in [2.05, 4.69) is 10.6 Å². The summed E-state index contributed by atoms with van der Waals surface area (Å²) in [6, 6.07) is 6.64. The van der Waals surface area contributed by atoms with E-state index in [-0.39, 0.29) is 36.1 Å². The molecule has 0 spiro atoms. The molecule has 0 saturated heterocycles. The first-order valence-electron chi connectivity index (χ1n) is 10.7. The molecule has 1 atom stereocenters. The van der Waals surface area contributed by atoms with Crippen molar-refractivity contribution in [1.82, 2.24) is 10.6 Å². The first kappa shape index (κ1) is 23.8. The van der Waals surface area contributed by atoms with E-state index in [1.807, 2.05) is 0 Å². The lowest BCUT2D eigenvalue weighted by atomic mass is 9.84. The Bertz CT molecular complexity index is 920. The predicted octanol–water partition coefficient (Wildman–Crippen LogP) is 4.14. The van der Waals surface area contributed by atoms with Gasteiger partial charge in [0.25, 0.3) is 5.91 Å². The molecule has 1 aromatic heterocycles. The van der Waals surface area contributed by atoms with E-state index < -0.39 is 23.7 Å². The van der Waals surface area contributed by atoms with E-state index in [1.165, 1.54) is 24.3 Å². The van der Waals surface area contributed by atoms with Crippen LogP contribution in [0.15, 0.2) is 40.8 Å². The summed E-state index contributed by atoms with van der Waals surface area (Å²) in [5.41, 5.74) is -0.621. The molecule has 32 heavy (non-hydrogen) atoms. The zero-order valence-electron chi connectivity index (χ0n) is 17.6. The zero-order valence-corrected chi connectivity index (χ0v) is 17.6. The van der Waals surface area contributed by atoms with Crippen LogP contribution in [-0.2, 0) is 11.0 Å². The van der Waals surface area contributed by atoms with Gasteiger partial charge in [0.05, 0.1) is 12.2 Å². The van der Waals surface area contributed by atoms with Gasteiger partial charge in [-0.2, -0.15) is 13.2 Å². The van der Waals surface area contributed by atoms with Gasteiger partial charge in [0.2, 0.25) is 5.91 Å². The van der Waals surface area contributed by atoms with Gasteiger partial charge in [0, 0.05) is 12.1 Å². The molecular weight excluding hydrogens is 425 g/mol. The molecule has 1 fully saturated rings. The summed E-state index contributed by atoms with van der Waals surface area (Å²) in [6.45, 7) is -0.134. The largest absolute Gasteiger partial charge is 0.451 e. The molecule has 1 saturated carbocycles. The van der Waals surface area contributed by atoms with Crippen LogP contribution in [0.3, 0.4) is 0 Å². The number of furan rings is 1. The van der Waals surface area contributed by atoms with Crippen LogP contribution in [0.25, 0.3) is 11.3 Å². The molecule has 0 aliphatic heterocycles. The van der Waals surface area contributed by atoms with Gasteiger partial charge in [-0.05, 0) is 36.6 Å². The second-order valence-electron chi connectivity index (χ2n) is 8.02. The van der Waals surface area contributed by atoms with E-state index in [4.69, 9.17) is 9.52 Å². The monoisotopic (exact) mass is 452 g/mol. The molecule has 1 aromatic carbocycles. The maximum Gasteiger partial charge on any atom is 0.416 e. The van der Waals surface area contributed by atoms with Crippen molar-refractivity contribution in [3.63, 3.8) is 0 Å².